The van der Waals surface area contributed by atoms with Crippen LogP contribution in [-0.4, -0.2) is 67.0 Å². The maximum Gasteiger partial charge on any atom is 0.514 e. The fraction of sp³-hybridized carbons (Fsp3) is 0.615. The van der Waals surface area contributed by atoms with Gasteiger partial charge in [0.15, 0.2) is 11.5 Å². The molecule has 38 heavy (non-hydrogen) atoms. The van der Waals surface area contributed by atoms with E-state index in [9.17, 15) is 24.3 Å². The molecule has 0 bridgehead atoms. The number of nitrogens with one attached hydrogen (secondary N) is 1. The molecule has 0 radical (unpaired) electrons. The summed E-state index contributed by atoms with van der Waals surface area (Å²) in [5, 5.41) is 12.5. The van der Waals surface area contributed by atoms with Crippen LogP contribution in [0.15, 0.2) is 18.2 Å². The fourth-order valence-corrected chi connectivity index (χ4v) is 2.78. The van der Waals surface area contributed by atoms with Gasteiger partial charge in [0.05, 0.1) is 6.61 Å². The van der Waals surface area contributed by atoms with Crippen molar-refractivity contribution in [3.63, 3.8) is 0 Å². The van der Waals surface area contributed by atoms with E-state index in [0.29, 0.717) is 24.8 Å². The van der Waals surface area contributed by atoms with E-state index in [0.717, 1.165) is 0 Å². The third-order valence-electron chi connectivity index (χ3n) is 5.25. The van der Waals surface area contributed by atoms with E-state index in [1.165, 1.54) is 18.2 Å². The van der Waals surface area contributed by atoms with Gasteiger partial charge in [0, 0.05) is 6.54 Å². The number of carboxylic acids is 1. The van der Waals surface area contributed by atoms with Crippen LogP contribution >= 0.6 is 0 Å². The van der Waals surface area contributed by atoms with Crippen molar-refractivity contribution in [3.05, 3.63) is 23.8 Å². The molecule has 0 aliphatic heterocycles. The molecular formula is C26H39NO11. The quantitative estimate of drug-likeness (QED) is 0.177. The van der Waals surface area contributed by atoms with Crippen molar-refractivity contribution in [2.45, 2.75) is 91.6 Å². The van der Waals surface area contributed by atoms with Gasteiger partial charge < -0.3 is 38.8 Å². The minimum Gasteiger partial charge on any atom is -0.480 e. The number of carboxylic acid groups (broad SMARTS) is 1. The minimum absolute atomic E-state index is 0.0311. The first-order valence-corrected chi connectivity index (χ1v) is 12.7. The first kappa shape index (κ1) is 32.5. The molecule has 0 aliphatic rings. The molecule has 1 aromatic rings. The van der Waals surface area contributed by atoms with Gasteiger partial charge >= 0.3 is 24.4 Å². The summed E-state index contributed by atoms with van der Waals surface area (Å²) in [5.41, 5.74) is 0.454. The van der Waals surface area contributed by atoms with Crippen LogP contribution in [0.5, 0.6) is 11.5 Å². The lowest BCUT2D eigenvalue weighted by Gasteiger charge is -2.19. The number of ether oxygens (including phenoxy) is 6. The van der Waals surface area contributed by atoms with E-state index < -0.39 is 42.7 Å². The highest BCUT2D eigenvalue weighted by Crippen LogP contribution is 2.30. The second-order valence-electron chi connectivity index (χ2n) is 8.69. The van der Waals surface area contributed by atoms with E-state index in [1.54, 1.807) is 20.8 Å². The van der Waals surface area contributed by atoms with Crippen LogP contribution in [0.25, 0.3) is 0 Å². The lowest BCUT2D eigenvalue weighted by molar-refractivity contribution is -0.139. The van der Waals surface area contributed by atoms with Crippen LogP contribution in [-0.2, 0) is 30.2 Å². The van der Waals surface area contributed by atoms with Crippen LogP contribution in [0.4, 0.5) is 14.4 Å². The van der Waals surface area contributed by atoms with Crippen molar-refractivity contribution in [2.24, 2.45) is 0 Å². The van der Waals surface area contributed by atoms with E-state index in [2.05, 4.69) is 5.32 Å². The molecule has 4 atom stereocenters. The molecule has 1 rings (SSSR count). The van der Waals surface area contributed by atoms with E-state index >= 15 is 0 Å². The van der Waals surface area contributed by atoms with Crippen LogP contribution < -0.4 is 14.8 Å². The number of carbonyl (C=O) groups is 4. The molecule has 0 spiro atoms. The molecular weight excluding hydrogens is 502 g/mol. The van der Waals surface area contributed by atoms with Crippen molar-refractivity contribution < 1.29 is 52.7 Å². The maximum atomic E-state index is 12.2. The second kappa shape index (κ2) is 17.1. The van der Waals surface area contributed by atoms with Gasteiger partial charge in [-0.3, -0.25) is 4.79 Å². The Balaban J connectivity index is 3.00. The van der Waals surface area contributed by atoms with Crippen molar-refractivity contribution >= 4 is 24.4 Å². The van der Waals surface area contributed by atoms with Crippen LogP contribution in [0.2, 0.25) is 0 Å². The Morgan fingerprint density at radius 3 is 1.89 bits per heavy atom. The highest BCUT2D eigenvalue weighted by Gasteiger charge is 2.23. The summed E-state index contributed by atoms with van der Waals surface area (Å²) in [7, 11) is 0. The molecule has 0 amide bonds. The van der Waals surface area contributed by atoms with Gasteiger partial charge in [-0.25, -0.2) is 14.4 Å². The summed E-state index contributed by atoms with van der Waals surface area (Å²) in [6.45, 7) is 10.8. The normalized spacial score (nSPS) is 13.8. The molecule has 1 aromatic carbocycles. The van der Waals surface area contributed by atoms with Gasteiger partial charge in [0.2, 0.25) is 0 Å². The summed E-state index contributed by atoms with van der Waals surface area (Å²) in [6, 6.07) is 3.20. The SMILES string of the molecule is CCCOC(=O)OC(C)CN[C@@H](Cc1ccc(OC(=O)OC(C)CC)c(OC(=O)OC(C)CC)c1)C(=O)O. The van der Waals surface area contributed by atoms with Gasteiger partial charge in [0.1, 0.15) is 24.4 Å². The molecule has 0 saturated heterocycles. The molecule has 0 saturated carbocycles. The smallest absolute Gasteiger partial charge is 0.480 e. The lowest BCUT2D eigenvalue weighted by atomic mass is 10.0. The Kier molecular flexibility index (Phi) is 14.6. The number of benzene rings is 1. The largest absolute Gasteiger partial charge is 0.514 e. The monoisotopic (exact) mass is 541 g/mol. The summed E-state index contributed by atoms with van der Waals surface area (Å²) in [4.78, 5) is 47.8. The van der Waals surface area contributed by atoms with Gasteiger partial charge in [-0.05, 0) is 64.2 Å². The molecule has 0 heterocycles. The number of rotatable bonds is 15. The van der Waals surface area contributed by atoms with Crippen LogP contribution in [0.3, 0.4) is 0 Å². The van der Waals surface area contributed by atoms with Gasteiger partial charge in [-0.15, -0.1) is 0 Å². The average Bonchev–Trinajstić information content (AvgIpc) is 2.86. The molecule has 214 valence electrons. The zero-order valence-corrected chi connectivity index (χ0v) is 22.8. The summed E-state index contributed by atoms with van der Waals surface area (Å²) in [5.74, 6) is -1.39. The van der Waals surface area contributed by atoms with E-state index in [1.807, 2.05) is 20.8 Å². The second-order valence-corrected chi connectivity index (χ2v) is 8.69. The predicted octanol–water partition coefficient (Wildman–Crippen LogP) is 4.85. The van der Waals surface area contributed by atoms with Crippen molar-refractivity contribution in [3.8, 4) is 11.5 Å². The first-order valence-electron chi connectivity index (χ1n) is 12.7. The Hall–Kier alpha value is -3.54. The summed E-state index contributed by atoms with van der Waals surface area (Å²) >= 11 is 0. The molecule has 12 nitrogen and oxygen atoms in total. The lowest BCUT2D eigenvalue weighted by Crippen LogP contribution is -2.42. The topological polar surface area (TPSA) is 156 Å². The van der Waals surface area contributed by atoms with E-state index in [-0.39, 0.29) is 37.2 Å². The minimum atomic E-state index is -1.15. The third-order valence-corrected chi connectivity index (χ3v) is 5.25. The average molecular weight is 542 g/mol. The Morgan fingerprint density at radius 2 is 1.37 bits per heavy atom. The Labute approximate surface area is 222 Å². The van der Waals surface area contributed by atoms with E-state index in [4.69, 9.17) is 28.4 Å². The highest BCUT2D eigenvalue weighted by molar-refractivity contribution is 5.74. The standard InChI is InChI=1S/C26H39NO11/c1-7-12-33-24(30)36-18(6)15-27-20(23(28)29)13-19-10-11-21(37-25(31)34-16(4)8-2)22(14-19)38-26(32)35-17(5)9-3/h10-11,14,16-18,20,27H,7-9,12-13,15H2,1-6H3,(H,28,29)/t16?,17?,18?,20-/m0/s1. The molecule has 0 aliphatic carbocycles. The molecule has 0 fully saturated rings. The Morgan fingerprint density at radius 1 is 0.816 bits per heavy atom. The molecule has 12 heteroatoms. The fourth-order valence-electron chi connectivity index (χ4n) is 2.78. The van der Waals surface area contributed by atoms with Gasteiger partial charge in [-0.1, -0.05) is 26.8 Å². The first-order chi connectivity index (χ1) is 18.0. The summed E-state index contributed by atoms with van der Waals surface area (Å²) in [6.07, 6.45) is -2.52. The third kappa shape index (κ3) is 12.6. The van der Waals surface area contributed by atoms with Crippen molar-refractivity contribution in [2.75, 3.05) is 13.2 Å². The van der Waals surface area contributed by atoms with Gasteiger partial charge in [-0.2, -0.15) is 0 Å². The Bertz CT molecular complexity index is 920. The van der Waals surface area contributed by atoms with Crippen molar-refractivity contribution in [1.82, 2.24) is 5.32 Å². The maximum absolute atomic E-state index is 12.2. The number of hydrogen-bond donors (Lipinski definition) is 2. The molecule has 0 aromatic heterocycles. The zero-order valence-electron chi connectivity index (χ0n) is 22.8. The number of aliphatic carboxylic acids is 1. The number of hydrogen-bond acceptors (Lipinski definition) is 11. The van der Waals surface area contributed by atoms with Crippen LogP contribution in [0.1, 0.15) is 66.4 Å². The number of carbonyl (C=O) groups excluding carboxylic acids is 3. The summed E-state index contributed by atoms with van der Waals surface area (Å²) < 4.78 is 30.7. The molecule has 3 unspecified atom stereocenters. The molecule has 2 N–H and O–H groups in total. The van der Waals surface area contributed by atoms with Crippen molar-refractivity contribution in [1.29, 1.82) is 0 Å². The van der Waals surface area contributed by atoms with Gasteiger partial charge in [0.25, 0.3) is 0 Å². The predicted molar refractivity (Wildman–Crippen MR) is 135 cm³/mol. The highest BCUT2D eigenvalue weighted by atomic mass is 16.8. The zero-order chi connectivity index (χ0) is 28.7. The van der Waals surface area contributed by atoms with Crippen LogP contribution in [0, 0.1) is 0 Å².